The van der Waals surface area contributed by atoms with Gasteiger partial charge in [-0.15, -0.1) is 0 Å². The van der Waals surface area contributed by atoms with Crippen LogP contribution in [0.15, 0.2) is 54.7 Å². The van der Waals surface area contributed by atoms with Crippen LogP contribution in [0.25, 0.3) is 17.1 Å². The minimum atomic E-state index is -4.69. The van der Waals surface area contributed by atoms with E-state index in [4.69, 9.17) is 11.6 Å². The lowest BCUT2D eigenvalue weighted by Gasteiger charge is -2.14. The number of pyridine rings is 1. The number of alkyl halides is 3. The van der Waals surface area contributed by atoms with Crippen LogP contribution in [0.3, 0.4) is 0 Å². The third-order valence-electron chi connectivity index (χ3n) is 5.40. The second-order valence-electron chi connectivity index (χ2n) is 7.99. The van der Waals surface area contributed by atoms with Crippen molar-refractivity contribution in [2.24, 2.45) is 11.6 Å². The Labute approximate surface area is 210 Å². The van der Waals surface area contributed by atoms with E-state index in [1.807, 2.05) is 13.8 Å². The number of fused-ring (bicyclic) bond motifs is 1. The fourth-order valence-corrected chi connectivity index (χ4v) is 3.99. The van der Waals surface area contributed by atoms with Crippen molar-refractivity contribution >= 4 is 18.5 Å². The van der Waals surface area contributed by atoms with Gasteiger partial charge in [-0.3, -0.25) is 14.8 Å². The number of halogens is 3. The Kier molecular flexibility index (Phi) is 10.2. The Hall–Kier alpha value is -2.98. The molecule has 3 aromatic rings. The van der Waals surface area contributed by atoms with Crippen LogP contribution in [-0.4, -0.2) is 20.1 Å². The average Bonchev–Trinajstić information content (AvgIpc) is 3.49. The molecule has 2 aromatic heterocycles. The van der Waals surface area contributed by atoms with Gasteiger partial charge in [0.05, 0.1) is 11.4 Å². The maximum Gasteiger partial charge on any atom is 0.434 e. The summed E-state index contributed by atoms with van der Waals surface area (Å²) >= 11 is 4.02. The van der Waals surface area contributed by atoms with Gasteiger partial charge >= 0.3 is 6.18 Å². The van der Waals surface area contributed by atoms with E-state index in [0.717, 1.165) is 0 Å². The number of nitrogens with one attached hydrogen (secondary N) is 1. The first-order chi connectivity index (χ1) is 16.6. The summed E-state index contributed by atoms with van der Waals surface area (Å²) in [6.07, 6.45) is 3.60. The number of hydrogen-bond acceptors (Lipinski definition) is 6. The van der Waals surface area contributed by atoms with Crippen LogP contribution in [0.2, 0.25) is 0 Å². The van der Waals surface area contributed by atoms with Gasteiger partial charge in [0.25, 0.3) is 0 Å². The molecule has 6 nitrogen and oxygen atoms in total. The smallest absolute Gasteiger partial charge is 0.397 e. The highest BCUT2D eigenvalue weighted by Gasteiger charge is 2.36. The summed E-state index contributed by atoms with van der Waals surface area (Å²) < 4.78 is 39.7. The summed E-state index contributed by atoms with van der Waals surface area (Å²) in [5.41, 5.74) is 11.1. The highest BCUT2D eigenvalue weighted by molar-refractivity contribution is 7.78. The predicted molar refractivity (Wildman–Crippen MR) is 138 cm³/mol. The quantitative estimate of drug-likeness (QED) is 0.209. The number of hydrogen-bond donors (Lipinski definition) is 4. The fraction of sp³-hybridized carbons (Fsp3) is 0.360. The molecule has 0 saturated heterocycles. The van der Waals surface area contributed by atoms with Gasteiger partial charge in [0.2, 0.25) is 0 Å². The largest absolute Gasteiger partial charge is 0.434 e. The first-order valence-electron chi connectivity index (χ1n) is 11.5. The second kappa shape index (κ2) is 12.6. The summed E-state index contributed by atoms with van der Waals surface area (Å²) in [5.74, 6) is 5.59. The molecule has 0 radical (unpaired) electrons. The Balaban J connectivity index is 0.000000260. The average molecular weight is 507 g/mol. The zero-order valence-electron chi connectivity index (χ0n) is 20.4. The van der Waals surface area contributed by atoms with Gasteiger partial charge in [0, 0.05) is 18.0 Å². The van der Waals surface area contributed by atoms with Crippen LogP contribution < -0.4 is 17.0 Å². The standard InChI is InChI=1S/C12H16.C11H11F3N6S.C2H6/c1-9(2)11-7-3-5-10-6-4-8-12(10)11;12-11(13,14)10(19-16)9(15)6-1-2-17-7(3-6)8-4-20(21)5-18-8;1-2/h3,5,7,9H,4,6,8H2,1-2H3;1-5,19,21H,15-16H2;1-2H3/b;10-9-;. The summed E-state index contributed by atoms with van der Waals surface area (Å²) in [6.45, 7) is 8.57. The van der Waals surface area contributed by atoms with E-state index in [9.17, 15) is 13.2 Å². The zero-order chi connectivity index (χ0) is 26.2. The van der Waals surface area contributed by atoms with E-state index in [1.165, 1.54) is 47.9 Å². The number of imidazole rings is 1. The normalized spacial score (nSPS) is 13.2. The summed E-state index contributed by atoms with van der Waals surface area (Å²) in [7, 11) is 0. The SMILES string of the molecule is CC.CC(C)c1cccc2c1CCC2.NN/C(=C(\N)c1ccnc(-c2cn(S)cn2)c1)C(F)(F)F. The first-order valence-corrected chi connectivity index (χ1v) is 11.9. The van der Waals surface area contributed by atoms with Crippen LogP contribution in [-0.2, 0) is 12.8 Å². The summed E-state index contributed by atoms with van der Waals surface area (Å²) in [4.78, 5) is 8.04. The molecule has 190 valence electrons. The predicted octanol–water partition coefficient (Wildman–Crippen LogP) is 5.62. The minimum Gasteiger partial charge on any atom is -0.397 e. The van der Waals surface area contributed by atoms with Gasteiger partial charge in [0.15, 0.2) is 5.70 Å². The number of nitrogens with two attached hydrogens (primary N) is 2. The van der Waals surface area contributed by atoms with Crippen LogP contribution in [0.5, 0.6) is 0 Å². The molecule has 0 fully saturated rings. The van der Waals surface area contributed by atoms with Crippen molar-refractivity contribution in [2.45, 2.75) is 59.1 Å². The second-order valence-corrected chi connectivity index (χ2v) is 8.45. The number of nitrogens with zero attached hydrogens (tertiary/aromatic N) is 3. The zero-order valence-corrected chi connectivity index (χ0v) is 21.3. The molecule has 0 unspecified atom stereocenters. The van der Waals surface area contributed by atoms with E-state index in [-0.39, 0.29) is 5.56 Å². The molecule has 1 aliphatic carbocycles. The third kappa shape index (κ3) is 7.25. The number of aromatic nitrogens is 3. The highest BCUT2D eigenvalue weighted by Crippen LogP contribution is 2.30. The van der Waals surface area contributed by atoms with Crippen molar-refractivity contribution in [3.05, 3.63) is 77.0 Å². The molecule has 10 heteroatoms. The van der Waals surface area contributed by atoms with E-state index >= 15 is 0 Å². The molecule has 0 spiro atoms. The van der Waals surface area contributed by atoms with Crippen LogP contribution >= 0.6 is 12.8 Å². The van der Waals surface area contributed by atoms with E-state index < -0.39 is 17.6 Å². The van der Waals surface area contributed by atoms with Crippen molar-refractivity contribution in [3.8, 4) is 11.4 Å². The Morgan fingerprint density at radius 2 is 1.83 bits per heavy atom. The summed E-state index contributed by atoms with van der Waals surface area (Å²) in [6, 6.07) is 9.51. The molecule has 0 saturated carbocycles. The van der Waals surface area contributed by atoms with Crippen molar-refractivity contribution in [2.75, 3.05) is 0 Å². The minimum absolute atomic E-state index is 0.124. The van der Waals surface area contributed by atoms with Crippen molar-refractivity contribution < 1.29 is 13.2 Å². The van der Waals surface area contributed by atoms with E-state index in [1.54, 1.807) is 28.3 Å². The monoisotopic (exact) mass is 506 g/mol. The molecule has 4 rings (SSSR count). The van der Waals surface area contributed by atoms with Crippen molar-refractivity contribution in [3.63, 3.8) is 0 Å². The maximum absolute atomic E-state index is 12.8. The molecule has 0 aliphatic heterocycles. The molecule has 0 bridgehead atoms. The third-order valence-corrected chi connectivity index (χ3v) is 5.62. The number of thiol groups is 1. The Bertz CT molecular complexity index is 1140. The van der Waals surface area contributed by atoms with Crippen molar-refractivity contribution in [1.82, 2.24) is 19.4 Å². The maximum atomic E-state index is 12.8. The first kappa shape index (κ1) is 28.3. The van der Waals surface area contributed by atoms with E-state index in [0.29, 0.717) is 17.3 Å². The van der Waals surface area contributed by atoms with Gasteiger partial charge in [-0.1, -0.05) is 58.7 Å². The van der Waals surface area contributed by atoms with E-state index in [2.05, 4.69) is 54.8 Å². The van der Waals surface area contributed by atoms with Crippen LogP contribution in [0.4, 0.5) is 13.2 Å². The molecule has 5 N–H and O–H groups in total. The topological polar surface area (TPSA) is 94.8 Å². The molecule has 0 amide bonds. The van der Waals surface area contributed by atoms with Gasteiger partial charge in [0.1, 0.15) is 12.0 Å². The number of aryl methyl sites for hydroxylation is 1. The number of allylic oxidation sites excluding steroid dienone is 1. The summed E-state index contributed by atoms with van der Waals surface area (Å²) in [5, 5.41) is 0. The highest BCUT2D eigenvalue weighted by atomic mass is 32.1. The molecule has 1 aromatic carbocycles. The molecule has 35 heavy (non-hydrogen) atoms. The molecular formula is C25H33F3N6S. The lowest BCUT2D eigenvalue weighted by Crippen LogP contribution is -2.34. The Morgan fingerprint density at radius 3 is 2.40 bits per heavy atom. The molecular weight excluding hydrogens is 473 g/mol. The van der Waals surface area contributed by atoms with Gasteiger partial charge in [-0.25, -0.2) is 4.98 Å². The molecule has 1 aliphatic rings. The number of benzene rings is 1. The van der Waals surface area contributed by atoms with Gasteiger partial charge in [-0.2, -0.15) is 13.2 Å². The van der Waals surface area contributed by atoms with Crippen LogP contribution in [0, 0.1) is 0 Å². The molecule has 2 heterocycles. The van der Waals surface area contributed by atoms with Crippen LogP contribution in [0.1, 0.15) is 62.3 Å². The molecule has 0 atom stereocenters. The lowest BCUT2D eigenvalue weighted by atomic mass is 9.95. The number of rotatable bonds is 4. The number of hydrazine groups is 1. The van der Waals surface area contributed by atoms with Crippen molar-refractivity contribution in [1.29, 1.82) is 0 Å². The van der Waals surface area contributed by atoms with Gasteiger partial charge < -0.3 is 11.2 Å². The van der Waals surface area contributed by atoms with Gasteiger partial charge in [-0.05, 0) is 54.0 Å². The fourth-order valence-electron chi connectivity index (χ4n) is 3.83. The Morgan fingerprint density at radius 1 is 1.11 bits per heavy atom. The lowest BCUT2D eigenvalue weighted by molar-refractivity contribution is -0.0961.